The fourth-order valence-electron chi connectivity index (χ4n) is 13.1. The largest absolute Gasteiger partial charge is 0.495 e. The molecule has 0 spiro atoms. The topological polar surface area (TPSA) is 86.5 Å². The van der Waals surface area contributed by atoms with Gasteiger partial charge in [-0.15, -0.1) is 5.10 Å². The Morgan fingerprint density at radius 1 is 1.02 bits per heavy atom. The average Bonchev–Trinajstić information content (AvgIpc) is 3.68. The number of nitrogens with zero attached hydrogens (tertiary/aromatic N) is 3. The zero-order valence-corrected chi connectivity index (χ0v) is 32.0. The van der Waals surface area contributed by atoms with Gasteiger partial charge in [-0.25, -0.2) is 9.07 Å². The second kappa shape index (κ2) is 11.9. The fraction of sp³-hybridized carbons (Fsp3) is 0.725. The van der Waals surface area contributed by atoms with Crippen LogP contribution < -0.4 is 4.74 Å². The zero-order valence-electron chi connectivity index (χ0n) is 30.5. The third-order valence-corrected chi connectivity index (χ3v) is 16.6. The summed E-state index contributed by atoms with van der Waals surface area (Å²) >= 11 is 3.43. The first-order valence-corrected chi connectivity index (χ1v) is 19.3. The summed E-state index contributed by atoms with van der Waals surface area (Å²) in [7, 11) is 1.52. The molecular weight excluding hydrogens is 685 g/mol. The molecule has 0 bridgehead atoms. The molecule has 1 N–H and O–H groups in total. The molecule has 0 saturated heterocycles. The van der Waals surface area contributed by atoms with E-state index in [4.69, 9.17) is 9.47 Å². The molecule has 5 saturated carbocycles. The Morgan fingerprint density at radius 3 is 2.49 bits per heavy atom. The second-order valence-electron chi connectivity index (χ2n) is 17.9. The highest BCUT2D eigenvalue weighted by Gasteiger charge is 2.72. The van der Waals surface area contributed by atoms with Gasteiger partial charge in [-0.2, -0.15) is 0 Å². The van der Waals surface area contributed by atoms with Crippen molar-refractivity contribution in [1.82, 2.24) is 15.0 Å². The average molecular weight is 741 g/mol. The molecule has 0 aliphatic heterocycles. The number of hydrogen-bond acceptors (Lipinski definition) is 6. The SMILES string of the molecule is C=C(C)[C@@H]1CC[C@]2(C(=O)OCc3cn(-c4c(F)ccc(OC)c4Br)nn3)CC[C@]3(C)[C@H](CC[C@@H]4[C@@]5(C)CC[C@H](O)C(C)(C)[C@@H]5CC[C@]43C)[C@@H]12. The summed E-state index contributed by atoms with van der Waals surface area (Å²) in [6, 6.07) is 2.88. The van der Waals surface area contributed by atoms with E-state index in [1.54, 1.807) is 12.3 Å². The van der Waals surface area contributed by atoms with Crippen LogP contribution in [0.2, 0.25) is 0 Å². The van der Waals surface area contributed by atoms with Crippen molar-refractivity contribution in [2.45, 2.75) is 118 Å². The van der Waals surface area contributed by atoms with E-state index in [1.807, 2.05) is 0 Å². The number of methoxy groups -OCH3 is 1. The number of aliphatic hydroxyl groups excluding tert-OH is 1. The maximum Gasteiger partial charge on any atom is 0.312 e. The van der Waals surface area contributed by atoms with Crippen molar-refractivity contribution in [3.8, 4) is 11.4 Å². The highest BCUT2D eigenvalue weighted by Crippen LogP contribution is 2.77. The number of allylic oxidation sites excluding steroid dienone is 1. The van der Waals surface area contributed by atoms with Crippen molar-refractivity contribution < 1.29 is 23.8 Å². The number of aliphatic hydroxyl groups is 1. The second-order valence-corrected chi connectivity index (χ2v) is 18.7. The molecular formula is C40H55BrFN3O4. The molecule has 0 amide bonds. The van der Waals surface area contributed by atoms with E-state index in [0.29, 0.717) is 39.6 Å². The molecule has 268 valence electrons. The summed E-state index contributed by atoms with van der Waals surface area (Å²) in [5, 5.41) is 19.5. The first kappa shape index (κ1) is 35.2. The number of carbonyl (C=O) groups is 1. The van der Waals surface area contributed by atoms with Gasteiger partial charge in [0.1, 0.15) is 29.6 Å². The molecule has 49 heavy (non-hydrogen) atoms. The van der Waals surface area contributed by atoms with Gasteiger partial charge in [-0.3, -0.25) is 4.79 Å². The van der Waals surface area contributed by atoms with E-state index in [0.717, 1.165) is 51.4 Å². The molecule has 5 fully saturated rings. The Balaban J connectivity index is 1.15. The van der Waals surface area contributed by atoms with Crippen LogP contribution in [-0.4, -0.2) is 39.3 Å². The number of esters is 1. The minimum absolute atomic E-state index is 0.0165. The highest BCUT2D eigenvalue weighted by atomic mass is 79.9. The normalized spacial score (nSPS) is 40.8. The van der Waals surface area contributed by atoms with Crippen molar-refractivity contribution >= 4 is 21.9 Å². The highest BCUT2D eigenvalue weighted by molar-refractivity contribution is 9.10. The third-order valence-electron chi connectivity index (χ3n) is 15.8. The first-order chi connectivity index (χ1) is 23.0. The predicted molar refractivity (Wildman–Crippen MR) is 190 cm³/mol. The predicted octanol–water partition coefficient (Wildman–Crippen LogP) is 9.24. The monoisotopic (exact) mass is 739 g/mol. The maximum absolute atomic E-state index is 14.8. The van der Waals surface area contributed by atoms with Crippen LogP contribution in [0.3, 0.4) is 0 Å². The summed E-state index contributed by atoms with van der Waals surface area (Å²) in [5.74, 6) is 1.91. The van der Waals surface area contributed by atoms with Gasteiger partial charge in [0.05, 0.1) is 29.3 Å². The van der Waals surface area contributed by atoms with E-state index >= 15 is 0 Å². The zero-order chi connectivity index (χ0) is 35.3. The number of aromatic nitrogens is 3. The van der Waals surface area contributed by atoms with Crippen LogP contribution in [0, 0.1) is 62.5 Å². The minimum atomic E-state index is -0.549. The van der Waals surface area contributed by atoms with Crippen LogP contribution in [0.4, 0.5) is 4.39 Å². The third kappa shape index (κ3) is 4.89. The van der Waals surface area contributed by atoms with Crippen LogP contribution in [-0.2, 0) is 16.1 Å². The van der Waals surface area contributed by atoms with Gasteiger partial charge < -0.3 is 14.6 Å². The lowest BCUT2D eigenvalue weighted by molar-refractivity contribution is -0.248. The van der Waals surface area contributed by atoms with Crippen molar-refractivity contribution in [2.24, 2.45) is 56.7 Å². The van der Waals surface area contributed by atoms with E-state index in [9.17, 15) is 14.3 Å². The fourth-order valence-corrected chi connectivity index (χ4v) is 13.8. The molecule has 0 unspecified atom stereocenters. The molecule has 1 aromatic heterocycles. The van der Waals surface area contributed by atoms with Gasteiger partial charge in [-0.1, -0.05) is 52.0 Å². The standard InChI is InChI=1S/C40H55BrFN3O4/c1-23(2)25-13-18-40(35(47)49-22-24-21-45(44-43-24)34-27(42)10-11-28(48-8)33(34)41)20-19-38(6)26(32(25)40)9-12-30-37(5)16-15-31(46)36(3,4)29(37)14-17-39(30,38)7/h10-11,21,25-26,29-32,46H,1,9,12-20,22H2,2-8H3/t25-,26+,29-,30+,31-,32+,37-,38+,39+,40-/m0/s1. The quantitative estimate of drug-likeness (QED) is 0.235. The molecule has 1 aromatic carbocycles. The van der Waals surface area contributed by atoms with Crippen LogP contribution >= 0.6 is 15.9 Å². The molecule has 5 aliphatic rings. The van der Waals surface area contributed by atoms with E-state index < -0.39 is 11.2 Å². The van der Waals surface area contributed by atoms with Crippen molar-refractivity contribution in [3.05, 3.63) is 46.5 Å². The molecule has 2 aromatic rings. The molecule has 1 heterocycles. The number of hydrogen-bond donors (Lipinski definition) is 1. The number of benzene rings is 1. The summed E-state index contributed by atoms with van der Waals surface area (Å²) in [4.78, 5) is 14.5. The number of ether oxygens (including phenoxy) is 2. The molecule has 10 atom stereocenters. The summed E-state index contributed by atoms with van der Waals surface area (Å²) in [5.41, 5.74) is 1.70. The Bertz CT molecular complexity index is 1660. The number of carbonyl (C=O) groups excluding carboxylic acids is 1. The Hall–Kier alpha value is -2.26. The van der Waals surface area contributed by atoms with E-state index in [-0.39, 0.29) is 51.9 Å². The molecule has 9 heteroatoms. The Labute approximate surface area is 299 Å². The van der Waals surface area contributed by atoms with Gasteiger partial charge in [0, 0.05) is 0 Å². The van der Waals surface area contributed by atoms with Crippen LogP contribution in [0.25, 0.3) is 5.69 Å². The summed E-state index contributed by atoms with van der Waals surface area (Å²) < 4.78 is 28.1. The minimum Gasteiger partial charge on any atom is -0.495 e. The van der Waals surface area contributed by atoms with Crippen LogP contribution in [0.5, 0.6) is 5.75 Å². The molecule has 7 nitrogen and oxygen atoms in total. The van der Waals surface area contributed by atoms with Crippen LogP contribution in [0.15, 0.2) is 35.0 Å². The van der Waals surface area contributed by atoms with E-state index in [1.165, 1.54) is 36.3 Å². The van der Waals surface area contributed by atoms with E-state index in [2.05, 4.69) is 74.4 Å². The van der Waals surface area contributed by atoms with Gasteiger partial charge in [0.25, 0.3) is 0 Å². The maximum atomic E-state index is 14.8. The molecule has 5 aliphatic carbocycles. The van der Waals surface area contributed by atoms with Gasteiger partial charge in [0.15, 0.2) is 0 Å². The lowest BCUT2D eigenvalue weighted by atomic mass is 9.32. The van der Waals surface area contributed by atoms with Crippen molar-refractivity contribution in [2.75, 3.05) is 7.11 Å². The van der Waals surface area contributed by atoms with Gasteiger partial charge in [0.2, 0.25) is 0 Å². The summed E-state index contributed by atoms with van der Waals surface area (Å²) in [6.07, 6.45) is 11.7. The smallest absolute Gasteiger partial charge is 0.312 e. The Kier molecular flexibility index (Phi) is 8.53. The lowest BCUT2D eigenvalue weighted by Gasteiger charge is -2.72. The molecule has 7 rings (SSSR count). The number of rotatable bonds is 6. The van der Waals surface area contributed by atoms with Gasteiger partial charge in [-0.05, 0) is 150 Å². The van der Waals surface area contributed by atoms with Crippen LogP contribution in [0.1, 0.15) is 111 Å². The van der Waals surface area contributed by atoms with Crippen molar-refractivity contribution in [3.63, 3.8) is 0 Å². The number of fused-ring (bicyclic) bond motifs is 7. The first-order valence-electron chi connectivity index (χ1n) is 18.5. The summed E-state index contributed by atoms with van der Waals surface area (Å²) in [6.45, 7) is 19.0. The number of halogens is 2. The Morgan fingerprint density at radius 2 is 1.78 bits per heavy atom. The lowest BCUT2D eigenvalue weighted by Crippen LogP contribution is -2.67. The van der Waals surface area contributed by atoms with Gasteiger partial charge >= 0.3 is 5.97 Å². The van der Waals surface area contributed by atoms with Crippen molar-refractivity contribution in [1.29, 1.82) is 0 Å². The molecule has 0 radical (unpaired) electrons.